The van der Waals surface area contributed by atoms with Crippen LogP contribution in [0.1, 0.15) is 38.5 Å². The maximum absolute atomic E-state index is 13.3. The van der Waals surface area contributed by atoms with Gasteiger partial charge in [-0.05, 0) is 31.6 Å². The number of nitrogens with two attached hydrogens (primary N) is 1. The van der Waals surface area contributed by atoms with Gasteiger partial charge in [-0.3, -0.25) is 0 Å². The second kappa shape index (κ2) is 5.80. The molecule has 2 N–H and O–H groups in total. The van der Waals surface area contributed by atoms with Gasteiger partial charge < -0.3 is 15.2 Å². The van der Waals surface area contributed by atoms with Crippen molar-refractivity contribution in [3.63, 3.8) is 0 Å². The molecule has 2 rings (SSSR count). The maximum Gasteiger partial charge on any atom is 0.248 e. The van der Waals surface area contributed by atoms with Crippen molar-refractivity contribution in [2.75, 3.05) is 26.4 Å². The van der Waals surface area contributed by atoms with Crippen LogP contribution in [0.2, 0.25) is 0 Å². The summed E-state index contributed by atoms with van der Waals surface area (Å²) >= 11 is 0. The van der Waals surface area contributed by atoms with Gasteiger partial charge in [0.2, 0.25) is 5.92 Å². The summed E-state index contributed by atoms with van der Waals surface area (Å²) in [6, 6.07) is 0. The molecule has 18 heavy (non-hydrogen) atoms. The van der Waals surface area contributed by atoms with Crippen molar-refractivity contribution in [3.8, 4) is 0 Å². The van der Waals surface area contributed by atoms with Gasteiger partial charge in [-0.2, -0.15) is 0 Å². The maximum atomic E-state index is 13.3. The Hall–Kier alpha value is -0.260. The molecule has 0 aromatic rings. The topological polar surface area (TPSA) is 44.5 Å². The van der Waals surface area contributed by atoms with Crippen LogP contribution in [0, 0.1) is 5.92 Å². The van der Waals surface area contributed by atoms with Gasteiger partial charge in [0.1, 0.15) is 5.60 Å². The largest absolute Gasteiger partial charge is 0.378 e. The Labute approximate surface area is 107 Å². The summed E-state index contributed by atoms with van der Waals surface area (Å²) < 4.78 is 37.9. The van der Waals surface area contributed by atoms with Crippen molar-refractivity contribution in [2.45, 2.75) is 50.0 Å². The first-order valence-electron chi connectivity index (χ1n) is 6.85. The van der Waals surface area contributed by atoms with Crippen molar-refractivity contribution in [3.05, 3.63) is 0 Å². The first-order valence-corrected chi connectivity index (χ1v) is 6.85. The van der Waals surface area contributed by atoms with E-state index >= 15 is 0 Å². The fraction of sp³-hybridized carbons (Fsp3) is 1.00. The van der Waals surface area contributed by atoms with Gasteiger partial charge in [0.25, 0.3) is 0 Å². The van der Waals surface area contributed by atoms with E-state index in [0.717, 1.165) is 25.9 Å². The third-order valence-electron chi connectivity index (χ3n) is 4.03. The van der Waals surface area contributed by atoms with Crippen LogP contribution in [-0.4, -0.2) is 37.9 Å². The Bertz CT molecular complexity index is 268. The molecule has 2 atom stereocenters. The number of halogens is 2. The van der Waals surface area contributed by atoms with Crippen molar-refractivity contribution >= 4 is 0 Å². The lowest BCUT2D eigenvalue weighted by Crippen LogP contribution is -2.49. The molecule has 2 aliphatic rings. The SMILES string of the molecule is NCC1(OCC2CCCC(F)(F)C2)CCCOC1. The highest BCUT2D eigenvalue weighted by Crippen LogP contribution is 2.37. The number of hydrogen-bond donors (Lipinski definition) is 1. The average Bonchev–Trinajstić information content (AvgIpc) is 2.36. The van der Waals surface area contributed by atoms with Crippen LogP contribution in [0.3, 0.4) is 0 Å². The molecule has 0 amide bonds. The van der Waals surface area contributed by atoms with E-state index in [1.165, 1.54) is 0 Å². The van der Waals surface area contributed by atoms with Crippen LogP contribution >= 0.6 is 0 Å². The Morgan fingerprint density at radius 1 is 1.28 bits per heavy atom. The van der Waals surface area contributed by atoms with Crippen LogP contribution in [0.5, 0.6) is 0 Å². The molecular weight excluding hydrogens is 240 g/mol. The second-order valence-electron chi connectivity index (χ2n) is 5.67. The molecule has 106 valence electrons. The first-order chi connectivity index (χ1) is 8.55. The number of rotatable bonds is 4. The summed E-state index contributed by atoms with van der Waals surface area (Å²) in [4.78, 5) is 0. The van der Waals surface area contributed by atoms with E-state index in [1.54, 1.807) is 0 Å². The molecule has 0 bridgehead atoms. The average molecular weight is 263 g/mol. The summed E-state index contributed by atoms with van der Waals surface area (Å²) in [7, 11) is 0. The highest BCUT2D eigenvalue weighted by Gasteiger charge is 2.38. The normalized spacial score (nSPS) is 36.5. The predicted octanol–water partition coefficient (Wildman–Crippen LogP) is 2.34. The quantitative estimate of drug-likeness (QED) is 0.846. The Balaban J connectivity index is 1.82. The molecule has 2 fully saturated rings. The first kappa shape index (κ1) is 14.2. The molecule has 1 saturated heterocycles. The molecule has 0 aromatic heterocycles. The zero-order chi connectivity index (χ0) is 13.1. The highest BCUT2D eigenvalue weighted by atomic mass is 19.3. The molecular formula is C13H23F2NO2. The highest BCUT2D eigenvalue weighted by molar-refractivity contribution is 4.86. The zero-order valence-corrected chi connectivity index (χ0v) is 10.8. The molecule has 1 heterocycles. The molecule has 2 unspecified atom stereocenters. The van der Waals surface area contributed by atoms with Gasteiger partial charge in [0, 0.05) is 26.0 Å². The standard InChI is InChI=1S/C13H23F2NO2/c14-13(15)5-1-3-11(7-13)8-18-12(9-16)4-2-6-17-10-12/h11H,1-10,16H2. The van der Waals surface area contributed by atoms with Crippen molar-refractivity contribution in [2.24, 2.45) is 11.7 Å². The van der Waals surface area contributed by atoms with Crippen LogP contribution in [0.15, 0.2) is 0 Å². The third-order valence-corrected chi connectivity index (χ3v) is 4.03. The summed E-state index contributed by atoms with van der Waals surface area (Å²) in [6.07, 6.45) is 3.19. The van der Waals surface area contributed by atoms with Gasteiger partial charge in [-0.1, -0.05) is 0 Å². The van der Waals surface area contributed by atoms with E-state index in [0.29, 0.717) is 26.2 Å². The number of hydrogen-bond acceptors (Lipinski definition) is 3. The third kappa shape index (κ3) is 3.62. The van der Waals surface area contributed by atoms with Gasteiger partial charge in [0.15, 0.2) is 0 Å². The van der Waals surface area contributed by atoms with Gasteiger partial charge >= 0.3 is 0 Å². The monoisotopic (exact) mass is 263 g/mol. The summed E-state index contributed by atoms with van der Waals surface area (Å²) in [5.74, 6) is -2.55. The minimum absolute atomic E-state index is 0.0225. The van der Waals surface area contributed by atoms with Crippen LogP contribution in [0.25, 0.3) is 0 Å². The van der Waals surface area contributed by atoms with Gasteiger partial charge in [-0.25, -0.2) is 8.78 Å². The molecule has 0 aromatic carbocycles. The molecule has 1 aliphatic carbocycles. The molecule has 1 aliphatic heterocycles. The molecule has 0 spiro atoms. The number of ether oxygens (including phenoxy) is 2. The molecule has 3 nitrogen and oxygen atoms in total. The summed E-state index contributed by atoms with van der Waals surface area (Å²) in [5, 5.41) is 0. The Kier molecular flexibility index (Phi) is 4.56. The van der Waals surface area contributed by atoms with Crippen molar-refractivity contribution in [1.29, 1.82) is 0 Å². The Morgan fingerprint density at radius 2 is 2.11 bits per heavy atom. The fourth-order valence-corrected chi connectivity index (χ4v) is 2.87. The Morgan fingerprint density at radius 3 is 2.72 bits per heavy atom. The van der Waals surface area contributed by atoms with Gasteiger partial charge in [0.05, 0.1) is 13.2 Å². The van der Waals surface area contributed by atoms with E-state index in [9.17, 15) is 8.78 Å². The van der Waals surface area contributed by atoms with E-state index < -0.39 is 11.5 Å². The fourth-order valence-electron chi connectivity index (χ4n) is 2.87. The zero-order valence-electron chi connectivity index (χ0n) is 10.8. The molecule has 5 heteroatoms. The van der Waals surface area contributed by atoms with Crippen LogP contribution in [-0.2, 0) is 9.47 Å². The number of alkyl halides is 2. The summed E-state index contributed by atoms with van der Waals surface area (Å²) in [6.45, 7) is 2.02. The summed E-state index contributed by atoms with van der Waals surface area (Å²) in [5.41, 5.74) is 5.31. The lowest BCUT2D eigenvalue weighted by atomic mass is 9.86. The van der Waals surface area contributed by atoms with Crippen molar-refractivity contribution in [1.82, 2.24) is 0 Å². The minimum Gasteiger partial charge on any atom is -0.378 e. The van der Waals surface area contributed by atoms with E-state index in [1.807, 2.05) is 0 Å². The van der Waals surface area contributed by atoms with Crippen molar-refractivity contribution < 1.29 is 18.3 Å². The van der Waals surface area contributed by atoms with Crippen LogP contribution < -0.4 is 5.73 Å². The van der Waals surface area contributed by atoms with Gasteiger partial charge in [-0.15, -0.1) is 0 Å². The smallest absolute Gasteiger partial charge is 0.248 e. The van der Waals surface area contributed by atoms with E-state index in [-0.39, 0.29) is 18.8 Å². The lowest BCUT2D eigenvalue weighted by molar-refractivity contribution is -0.143. The van der Waals surface area contributed by atoms with E-state index in [2.05, 4.69) is 0 Å². The predicted molar refractivity (Wildman–Crippen MR) is 64.7 cm³/mol. The molecule has 1 saturated carbocycles. The molecule has 0 radical (unpaired) electrons. The van der Waals surface area contributed by atoms with E-state index in [4.69, 9.17) is 15.2 Å². The lowest BCUT2D eigenvalue weighted by Gasteiger charge is -2.38. The second-order valence-corrected chi connectivity index (χ2v) is 5.67. The minimum atomic E-state index is -2.51. The van der Waals surface area contributed by atoms with Crippen LogP contribution in [0.4, 0.5) is 8.78 Å².